The average molecular weight is 341 g/mol. The number of carbonyl (C=O) groups is 1. The van der Waals surface area contributed by atoms with Gasteiger partial charge < -0.3 is 4.74 Å². The van der Waals surface area contributed by atoms with Crippen LogP contribution >= 0.6 is 0 Å². The highest BCUT2D eigenvalue weighted by atomic mass is 16.5. The molecule has 2 saturated carbocycles. The van der Waals surface area contributed by atoms with Gasteiger partial charge in [-0.15, -0.1) is 0 Å². The van der Waals surface area contributed by atoms with Crippen molar-refractivity contribution in [2.45, 2.75) is 58.8 Å². The molecule has 0 saturated heterocycles. The van der Waals surface area contributed by atoms with Gasteiger partial charge in [-0.25, -0.2) is 0 Å². The zero-order valence-electron chi connectivity index (χ0n) is 15.8. The highest BCUT2D eigenvalue weighted by Crippen LogP contribution is 2.63. The lowest BCUT2D eigenvalue weighted by Crippen LogP contribution is -2.44. The molecule has 2 heteroatoms. The van der Waals surface area contributed by atoms with Crippen molar-refractivity contribution in [3.05, 3.63) is 36.0 Å². The van der Waals surface area contributed by atoms with Crippen molar-refractivity contribution in [2.75, 3.05) is 6.61 Å². The fourth-order valence-corrected chi connectivity index (χ4v) is 6.68. The zero-order chi connectivity index (χ0) is 17.6. The minimum Gasteiger partial charge on any atom is -0.466 e. The van der Waals surface area contributed by atoms with E-state index in [2.05, 4.69) is 31.7 Å². The molecule has 0 aliphatic heterocycles. The Bertz CT molecular complexity index is 628. The average Bonchev–Trinajstić information content (AvgIpc) is 2.91. The summed E-state index contributed by atoms with van der Waals surface area (Å²) in [6.45, 7) is 8.82. The molecule has 0 aromatic rings. The third kappa shape index (κ3) is 2.92. The van der Waals surface area contributed by atoms with E-state index in [-0.39, 0.29) is 5.97 Å². The summed E-state index contributed by atoms with van der Waals surface area (Å²) in [5.41, 5.74) is 3.29. The van der Waals surface area contributed by atoms with E-state index < -0.39 is 0 Å². The molecule has 4 unspecified atom stereocenters. The number of hydrogen-bond acceptors (Lipinski definition) is 2. The Morgan fingerprint density at radius 3 is 2.96 bits per heavy atom. The van der Waals surface area contributed by atoms with Crippen molar-refractivity contribution in [1.29, 1.82) is 0 Å². The molecule has 0 spiro atoms. The highest BCUT2D eigenvalue weighted by Gasteiger charge is 2.54. The van der Waals surface area contributed by atoms with Crippen LogP contribution in [0.3, 0.4) is 0 Å². The minimum absolute atomic E-state index is 0.142. The van der Waals surface area contributed by atoms with Crippen LogP contribution in [0.5, 0.6) is 0 Å². The summed E-state index contributed by atoms with van der Waals surface area (Å²) in [5.74, 6) is 3.76. The van der Waals surface area contributed by atoms with E-state index in [1.807, 2.05) is 0 Å². The number of esters is 1. The van der Waals surface area contributed by atoms with E-state index in [4.69, 9.17) is 4.74 Å². The molecular weight excluding hydrogens is 308 g/mol. The molecule has 136 valence electrons. The van der Waals surface area contributed by atoms with Gasteiger partial charge >= 0.3 is 5.97 Å². The molecule has 0 bridgehead atoms. The van der Waals surface area contributed by atoms with Crippen LogP contribution in [0.4, 0.5) is 0 Å². The summed E-state index contributed by atoms with van der Waals surface area (Å²) in [5, 5.41) is 0. The molecule has 0 radical (unpaired) electrons. The third-order valence-electron chi connectivity index (χ3n) is 7.96. The Morgan fingerprint density at radius 2 is 2.16 bits per heavy atom. The summed E-state index contributed by atoms with van der Waals surface area (Å²) in [4.78, 5) is 11.1. The molecule has 25 heavy (non-hydrogen) atoms. The van der Waals surface area contributed by atoms with Gasteiger partial charge in [-0.2, -0.15) is 0 Å². The molecule has 2 nitrogen and oxygen atoms in total. The Morgan fingerprint density at radius 1 is 1.32 bits per heavy atom. The lowest BCUT2D eigenvalue weighted by Gasteiger charge is -2.52. The number of rotatable bonds is 3. The molecular formula is C23H32O2. The number of carbonyl (C=O) groups excluding carboxylic acids is 1. The maximum absolute atomic E-state index is 11.1. The van der Waals surface area contributed by atoms with Gasteiger partial charge in [0, 0.05) is 6.92 Å². The first kappa shape index (κ1) is 17.1. The second-order valence-electron chi connectivity index (χ2n) is 9.10. The molecule has 4 aliphatic carbocycles. The molecule has 0 aromatic heterocycles. The summed E-state index contributed by atoms with van der Waals surface area (Å²) in [7, 11) is 0. The maximum atomic E-state index is 11.1. The second kappa shape index (κ2) is 6.45. The van der Waals surface area contributed by atoms with Crippen LogP contribution in [0, 0.1) is 35.0 Å². The van der Waals surface area contributed by atoms with Gasteiger partial charge in [-0.3, -0.25) is 4.79 Å². The molecule has 0 aromatic carbocycles. The first-order valence-electron chi connectivity index (χ1n) is 10.2. The van der Waals surface area contributed by atoms with Gasteiger partial charge in [-0.05, 0) is 85.5 Å². The number of ether oxygens (including phenoxy) is 1. The van der Waals surface area contributed by atoms with Crippen LogP contribution < -0.4 is 0 Å². The van der Waals surface area contributed by atoms with Gasteiger partial charge in [0.2, 0.25) is 0 Å². The lowest BCUT2D eigenvalue weighted by atomic mass is 9.53. The predicted molar refractivity (Wildman–Crippen MR) is 101 cm³/mol. The van der Waals surface area contributed by atoms with Crippen LogP contribution in [-0.4, -0.2) is 12.6 Å². The van der Waals surface area contributed by atoms with E-state index >= 15 is 0 Å². The molecule has 0 amide bonds. The van der Waals surface area contributed by atoms with Gasteiger partial charge in [0.05, 0.1) is 6.61 Å². The van der Waals surface area contributed by atoms with E-state index in [9.17, 15) is 4.79 Å². The van der Waals surface area contributed by atoms with E-state index in [0.717, 1.165) is 30.1 Å². The van der Waals surface area contributed by atoms with Crippen LogP contribution in [0.25, 0.3) is 0 Å². The van der Waals surface area contributed by atoms with E-state index in [0.29, 0.717) is 17.9 Å². The zero-order valence-corrected chi connectivity index (χ0v) is 15.8. The Labute approximate surface area is 152 Å². The summed E-state index contributed by atoms with van der Waals surface area (Å²) < 4.78 is 5.25. The van der Waals surface area contributed by atoms with Crippen molar-refractivity contribution < 1.29 is 9.53 Å². The van der Waals surface area contributed by atoms with Crippen molar-refractivity contribution in [1.82, 2.24) is 0 Å². The van der Waals surface area contributed by atoms with E-state index in [1.165, 1.54) is 51.0 Å². The van der Waals surface area contributed by atoms with Crippen molar-refractivity contribution in [3.8, 4) is 0 Å². The van der Waals surface area contributed by atoms with Gasteiger partial charge in [0.15, 0.2) is 0 Å². The lowest BCUT2D eigenvalue weighted by molar-refractivity contribution is -0.141. The first-order valence-corrected chi connectivity index (χ1v) is 10.2. The van der Waals surface area contributed by atoms with Crippen LogP contribution in [0.15, 0.2) is 36.0 Å². The fourth-order valence-electron chi connectivity index (χ4n) is 6.68. The Balaban J connectivity index is 1.51. The van der Waals surface area contributed by atoms with Crippen LogP contribution in [-0.2, 0) is 9.53 Å². The monoisotopic (exact) mass is 340 g/mol. The molecule has 4 aliphatic rings. The first-order chi connectivity index (χ1) is 12.0. The summed E-state index contributed by atoms with van der Waals surface area (Å²) in [6.07, 6.45) is 16.2. The van der Waals surface area contributed by atoms with Gasteiger partial charge in [0.25, 0.3) is 0 Å². The predicted octanol–water partition coefficient (Wildman–Crippen LogP) is 5.46. The van der Waals surface area contributed by atoms with Crippen LogP contribution in [0.2, 0.25) is 0 Å². The molecule has 0 heterocycles. The van der Waals surface area contributed by atoms with Crippen LogP contribution in [0.1, 0.15) is 58.8 Å². The highest BCUT2D eigenvalue weighted by molar-refractivity contribution is 5.65. The molecule has 2 fully saturated rings. The van der Waals surface area contributed by atoms with Gasteiger partial charge in [-0.1, -0.05) is 37.3 Å². The number of fused-ring (bicyclic) bond motifs is 5. The Hall–Kier alpha value is -1.31. The van der Waals surface area contributed by atoms with Gasteiger partial charge in [0.1, 0.15) is 0 Å². The molecule has 4 rings (SSSR count). The molecule has 0 N–H and O–H groups in total. The maximum Gasteiger partial charge on any atom is 0.302 e. The number of allylic oxidation sites excluding steroid dienone is 5. The SMILES string of the molecule is C=C1C=C2C=CC3C(CC[C@@]4(C)C3CC[C@@H]4CCOC(C)=O)C2CC1. The van der Waals surface area contributed by atoms with Crippen molar-refractivity contribution in [3.63, 3.8) is 0 Å². The number of hydrogen-bond donors (Lipinski definition) is 0. The summed E-state index contributed by atoms with van der Waals surface area (Å²) >= 11 is 0. The van der Waals surface area contributed by atoms with E-state index in [1.54, 1.807) is 5.57 Å². The van der Waals surface area contributed by atoms with Crippen molar-refractivity contribution >= 4 is 5.97 Å². The topological polar surface area (TPSA) is 26.3 Å². The van der Waals surface area contributed by atoms with Crippen molar-refractivity contribution in [2.24, 2.45) is 35.0 Å². The largest absolute Gasteiger partial charge is 0.466 e. The smallest absolute Gasteiger partial charge is 0.302 e. The standard InChI is InChI=1S/C23H32O2/c1-15-4-7-19-17(14-15)5-8-21-20(19)10-12-23(3)18(6-9-22(21)23)11-13-25-16(2)24/h5,8,14,18-22H,1,4,6-7,9-13H2,2-3H3/t18-,19?,20?,21?,22?,23-/m1/s1. The molecule has 6 atom stereocenters. The second-order valence-corrected chi connectivity index (χ2v) is 9.10. The summed E-state index contributed by atoms with van der Waals surface area (Å²) in [6, 6.07) is 0. The third-order valence-corrected chi connectivity index (χ3v) is 7.96. The quantitative estimate of drug-likeness (QED) is 0.638. The fraction of sp³-hybridized carbons (Fsp3) is 0.696. The Kier molecular flexibility index (Phi) is 4.42. The minimum atomic E-state index is -0.142. The normalized spacial score (nSPS) is 42.2.